The summed E-state index contributed by atoms with van der Waals surface area (Å²) < 4.78 is 5.43. The number of aromatic amines is 1. The fourth-order valence-corrected chi connectivity index (χ4v) is 3.11. The molecule has 3 nitrogen and oxygen atoms in total. The van der Waals surface area contributed by atoms with Gasteiger partial charge in [-0.2, -0.15) is 0 Å². The molecule has 3 aromatic rings. The molecule has 0 saturated carbocycles. The van der Waals surface area contributed by atoms with Gasteiger partial charge in [0.25, 0.3) is 5.56 Å². The van der Waals surface area contributed by atoms with Crippen molar-refractivity contribution >= 4 is 10.9 Å². The number of aryl methyl sites for hydroxylation is 1. The number of nitrogens with one attached hydrogen (secondary N) is 1. The average molecular weight is 321 g/mol. The minimum absolute atomic E-state index is 0.0420. The Bertz CT molecular complexity index is 962. The average Bonchev–Trinajstić information content (AvgIpc) is 2.54. The third-order valence-corrected chi connectivity index (χ3v) is 4.52. The number of para-hydroxylation sites is 1. The lowest BCUT2D eigenvalue weighted by Gasteiger charge is -2.20. The molecule has 0 spiro atoms. The van der Waals surface area contributed by atoms with Crippen LogP contribution in [0.5, 0.6) is 5.75 Å². The topological polar surface area (TPSA) is 42.1 Å². The van der Waals surface area contributed by atoms with Gasteiger partial charge in [0.15, 0.2) is 0 Å². The number of hydrogen-bond acceptors (Lipinski definition) is 2. The predicted molar refractivity (Wildman–Crippen MR) is 100.0 cm³/mol. The monoisotopic (exact) mass is 321 g/mol. The highest BCUT2D eigenvalue weighted by Gasteiger charge is 2.18. The van der Waals surface area contributed by atoms with Crippen molar-refractivity contribution in [3.63, 3.8) is 0 Å². The quantitative estimate of drug-likeness (QED) is 0.736. The molecule has 24 heavy (non-hydrogen) atoms. The van der Waals surface area contributed by atoms with Crippen LogP contribution in [0.4, 0.5) is 0 Å². The Kier molecular flexibility index (Phi) is 3.96. The van der Waals surface area contributed by atoms with E-state index in [0.717, 1.165) is 22.0 Å². The van der Waals surface area contributed by atoms with Crippen LogP contribution in [-0.4, -0.2) is 12.1 Å². The van der Waals surface area contributed by atoms with Gasteiger partial charge in [-0.15, -0.1) is 0 Å². The van der Waals surface area contributed by atoms with Crippen molar-refractivity contribution in [2.75, 3.05) is 7.11 Å². The van der Waals surface area contributed by atoms with E-state index in [2.05, 4.69) is 44.0 Å². The molecule has 0 aliphatic rings. The third-order valence-electron chi connectivity index (χ3n) is 4.52. The van der Waals surface area contributed by atoms with Crippen LogP contribution in [0.1, 0.15) is 31.9 Å². The highest BCUT2D eigenvalue weighted by atomic mass is 16.5. The van der Waals surface area contributed by atoms with Crippen LogP contribution in [0, 0.1) is 6.92 Å². The highest BCUT2D eigenvalue weighted by Crippen LogP contribution is 2.33. The van der Waals surface area contributed by atoms with E-state index in [9.17, 15) is 4.79 Å². The SMILES string of the molecule is COc1ccccc1-c1c(C)c2ccc(C(C)(C)C)cc2[nH]c1=O. The molecular weight excluding hydrogens is 298 g/mol. The van der Waals surface area contributed by atoms with Crippen LogP contribution in [-0.2, 0) is 5.41 Å². The summed E-state index contributed by atoms with van der Waals surface area (Å²) in [5.41, 5.74) is 4.50. The number of rotatable bonds is 2. The van der Waals surface area contributed by atoms with Crippen molar-refractivity contribution in [1.29, 1.82) is 0 Å². The molecule has 0 unspecified atom stereocenters. The smallest absolute Gasteiger partial charge is 0.256 e. The maximum Gasteiger partial charge on any atom is 0.256 e. The molecule has 0 amide bonds. The third kappa shape index (κ3) is 2.71. The van der Waals surface area contributed by atoms with Crippen molar-refractivity contribution < 1.29 is 4.74 Å². The lowest BCUT2D eigenvalue weighted by molar-refractivity contribution is 0.416. The second-order valence-corrected chi connectivity index (χ2v) is 7.16. The standard InChI is InChI=1S/C21H23NO2/c1-13-15-11-10-14(21(2,3)4)12-17(15)22-20(23)19(13)16-8-6-7-9-18(16)24-5/h6-12H,1-5H3,(H,22,23). The number of fused-ring (bicyclic) bond motifs is 1. The Labute approximate surface area is 142 Å². The lowest BCUT2D eigenvalue weighted by Crippen LogP contribution is -2.14. The first kappa shape index (κ1) is 16.3. The molecule has 3 heteroatoms. The van der Waals surface area contributed by atoms with E-state index >= 15 is 0 Å². The van der Waals surface area contributed by atoms with Crippen LogP contribution in [0.15, 0.2) is 47.3 Å². The largest absolute Gasteiger partial charge is 0.496 e. The van der Waals surface area contributed by atoms with Crippen molar-refractivity contribution in [2.45, 2.75) is 33.1 Å². The molecule has 0 aliphatic carbocycles. The Balaban J connectivity index is 2.31. The van der Waals surface area contributed by atoms with Crippen LogP contribution in [0.2, 0.25) is 0 Å². The molecule has 0 saturated heterocycles. The summed E-state index contributed by atoms with van der Waals surface area (Å²) in [4.78, 5) is 15.8. The first-order valence-electron chi connectivity index (χ1n) is 8.13. The Morgan fingerprint density at radius 3 is 2.42 bits per heavy atom. The molecule has 1 N–H and O–H groups in total. The van der Waals surface area contributed by atoms with Crippen molar-refractivity contribution in [3.8, 4) is 16.9 Å². The summed E-state index contributed by atoms with van der Waals surface area (Å²) in [5, 5.41) is 1.06. The molecule has 1 aromatic heterocycles. The lowest BCUT2D eigenvalue weighted by atomic mass is 9.86. The second kappa shape index (κ2) is 5.82. The first-order chi connectivity index (χ1) is 11.3. The van der Waals surface area contributed by atoms with Gasteiger partial charge < -0.3 is 9.72 Å². The van der Waals surface area contributed by atoms with Gasteiger partial charge in [-0.3, -0.25) is 4.79 Å². The number of hydrogen-bond donors (Lipinski definition) is 1. The Hall–Kier alpha value is -2.55. The van der Waals surface area contributed by atoms with Gasteiger partial charge in [-0.25, -0.2) is 0 Å². The summed E-state index contributed by atoms with van der Waals surface area (Å²) in [6.45, 7) is 8.50. The highest BCUT2D eigenvalue weighted by molar-refractivity contribution is 5.89. The van der Waals surface area contributed by atoms with Gasteiger partial charge in [0, 0.05) is 16.5 Å². The number of benzene rings is 2. The molecule has 124 valence electrons. The Morgan fingerprint density at radius 2 is 1.75 bits per heavy atom. The Morgan fingerprint density at radius 1 is 1.04 bits per heavy atom. The minimum Gasteiger partial charge on any atom is -0.496 e. The molecule has 0 aliphatic heterocycles. The summed E-state index contributed by atoms with van der Waals surface area (Å²) in [5.74, 6) is 0.705. The van der Waals surface area contributed by atoms with Crippen molar-refractivity contribution in [1.82, 2.24) is 4.98 Å². The molecule has 0 atom stereocenters. The fourth-order valence-electron chi connectivity index (χ4n) is 3.11. The van der Waals surface area contributed by atoms with E-state index in [0.29, 0.717) is 11.3 Å². The predicted octanol–water partition coefficient (Wildman–Crippen LogP) is 4.81. The van der Waals surface area contributed by atoms with Crippen molar-refractivity contribution in [3.05, 3.63) is 63.9 Å². The van der Waals surface area contributed by atoms with E-state index in [1.807, 2.05) is 31.2 Å². The number of ether oxygens (including phenoxy) is 1. The van der Waals surface area contributed by atoms with E-state index in [1.165, 1.54) is 5.56 Å². The van der Waals surface area contributed by atoms with Crippen molar-refractivity contribution in [2.24, 2.45) is 0 Å². The van der Waals surface area contributed by atoms with Gasteiger partial charge >= 0.3 is 0 Å². The first-order valence-corrected chi connectivity index (χ1v) is 8.13. The van der Waals surface area contributed by atoms with Gasteiger partial charge in [-0.05, 0) is 35.6 Å². The minimum atomic E-state index is -0.0874. The maximum atomic E-state index is 12.8. The molecule has 0 bridgehead atoms. The summed E-state index contributed by atoms with van der Waals surface area (Å²) in [6, 6.07) is 13.9. The number of methoxy groups -OCH3 is 1. The molecule has 3 rings (SSSR count). The fraction of sp³-hybridized carbons (Fsp3) is 0.286. The van der Waals surface area contributed by atoms with Gasteiger partial charge in [-0.1, -0.05) is 51.1 Å². The molecule has 1 heterocycles. The second-order valence-electron chi connectivity index (χ2n) is 7.16. The van der Waals surface area contributed by atoms with Crippen LogP contribution >= 0.6 is 0 Å². The zero-order chi connectivity index (χ0) is 17.5. The molecule has 2 aromatic carbocycles. The van der Waals surface area contributed by atoms with E-state index in [4.69, 9.17) is 4.74 Å². The van der Waals surface area contributed by atoms with E-state index in [-0.39, 0.29) is 11.0 Å². The summed E-state index contributed by atoms with van der Waals surface area (Å²) in [6.07, 6.45) is 0. The number of H-pyrrole nitrogens is 1. The number of pyridine rings is 1. The molecule has 0 fully saturated rings. The molecule has 0 radical (unpaired) electrons. The summed E-state index contributed by atoms with van der Waals surface area (Å²) >= 11 is 0. The van der Waals surface area contributed by atoms with Crippen LogP contribution < -0.4 is 10.3 Å². The van der Waals surface area contributed by atoms with Crippen LogP contribution in [0.3, 0.4) is 0 Å². The van der Waals surface area contributed by atoms with Gasteiger partial charge in [0.2, 0.25) is 0 Å². The van der Waals surface area contributed by atoms with Gasteiger partial charge in [0.05, 0.1) is 12.7 Å². The van der Waals surface area contributed by atoms with Gasteiger partial charge in [0.1, 0.15) is 5.75 Å². The van der Waals surface area contributed by atoms with Crippen LogP contribution in [0.25, 0.3) is 22.0 Å². The zero-order valence-corrected chi connectivity index (χ0v) is 14.9. The number of aromatic nitrogens is 1. The molecular formula is C21H23NO2. The van der Waals surface area contributed by atoms with E-state index < -0.39 is 0 Å². The zero-order valence-electron chi connectivity index (χ0n) is 14.9. The maximum absolute atomic E-state index is 12.8. The normalized spacial score (nSPS) is 11.7. The van der Waals surface area contributed by atoms with E-state index in [1.54, 1.807) is 7.11 Å². The summed E-state index contributed by atoms with van der Waals surface area (Å²) in [7, 11) is 1.62.